The summed E-state index contributed by atoms with van der Waals surface area (Å²) in [6.45, 7) is 1.72. The molecule has 1 fully saturated rings. The lowest BCUT2D eigenvalue weighted by Crippen LogP contribution is -2.26. The van der Waals surface area contributed by atoms with Gasteiger partial charge >= 0.3 is 18.1 Å². The number of rotatable bonds is 5. The molecule has 0 aliphatic carbocycles. The second kappa shape index (κ2) is 11.9. The summed E-state index contributed by atoms with van der Waals surface area (Å²) in [6, 6.07) is 11.8. The van der Waals surface area contributed by atoms with E-state index in [1.165, 1.54) is 18.9 Å². The van der Waals surface area contributed by atoms with Gasteiger partial charge in [0.05, 0.1) is 18.4 Å². The maximum Gasteiger partial charge on any atom is 0.490 e. The molecule has 0 bridgehead atoms. The van der Waals surface area contributed by atoms with Crippen molar-refractivity contribution in [3.8, 4) is 5.75 Å². The van der Waals surface area contributed by atoms with Crippen LogP contribution in [0.5, 0.6) is 5.75 Å². The molecule has 11 heteroatoms. The summed E-state index contributed by atoms with van der Waals surface area (Å²) in [7, 11) is 1.56. The van der Waals surface area contributed by atoms with Gasteiger partial charge in [0.1, 0.15) is 5.75 Å². The zero-order valence-electron chi connectivity index (χ0n) is 18.4. The van der Waals surface area contributed by atoms with Crippen LogP contribution >= 0.6 is 0 Å². The molecule has 1 amide bonds. The third kappa shape index (κ3) is 7.68. The normalized spacial score (nSPS) is 13.7. The number of alkyl halides is 3. The van der Waals surface area contributed by atoms with Crippen LogP contribution in [0.25, 0.3) is 0 Å². The van der Waals surface area contributed by atoms with Gasteiger partial charge < -0.3 is 25.2 Å². The van der Waals surface area contributed by atoms with Crippen LogP contribution in [0.15, 0.2) is 42.5 Å². The summed E-state index contributed by atoms with van der Waals surface area (Å²) in [6.07, 6.45) is -0.603. The van der Waals surface area contributed by atoms with Crippen molar-refractivity contribution in [2.75, 3.05) is 30.4 Å². The third-order valence-electron chi connectivity index (χ3n) is 5.03. The first-order valence-corrected chi connectivity index (χ1v) is 10.4. The van der Waals surface area contributed by atoms with Gasteiger partial charge in [-0.2, -0.15) is 13.2 Å². The topological polar surface area (TPSA) is 116 Å². The number of hydrogen-bond donors (Lipinski definition) is 3. The molecule has 3 rings (SSSR count). The molecule has 1 aliphatic heterocycles. The molecule has 184 valence electrons. The Hall–Kier alpha value is -3.76. The molecule has 3 N–H and O–H groups in total. The summed E-state index contributed by atoms with van der Waals surface area (Å²) >= 11 is 0. The Labute approximate surface area is 193 Å². The van der Waals surface area contributed by atoms with Crippen molar-refractivity contribution in [3.63, 3.8) is 0 Å². The van der Waals surface area contributed by atoms with Gasteiger partial charge in [0.15, 0.2) is 0 Å². The Kier molecular flexibility index (Phi) is 9.28. The second-order valence-electron chi connectivity index (χ2n) is 7.42. The van der Waals surface area contributed by atoms with Crippen LogP contribution in [0.2, 0.25) is 0 Å². The molecule has 1 heterocycles. The molecule has 2 aromatic carbocycles. The van der Waals surface area contributed by atoms with Crippen molar-refractivity contribution in [1.29, 1.82) is 0 Å². The first-order valence-electron chi connectivity index (χ1n) is 10.4. The summed E-state index contributed by atoms with van der Waals surface area (Å²) in [5.41, 5.74) is 1.87. The van der Waals surface area contributed by atoms with Crippen LogP contribution in [0.3, 0.4) is 0 Å². The molecule has 2 aromatic rings. The number of carbonyl (C=O) groups is 3. The predicted molar refractivity (Wildman–Crippen MR) is 119 cm³/mol. The second-order valence-corrected chi connectivity index (χ2v) is 7.42. The SMILES string of the molecule is COc1ccc(C(=O)Nc2ccc(N3CCCCCC3)c(C(=O)O)c2)cc1.O=C(O)C(F)(F)F. The summed E-state index contributed by atoms with van der Waals surface area (Å²) in [5, 5.41) is 19.5. The molecule has 1 aliphatic rings. The Balaban J connectivity index is 0.000000509. The average Bonchev–Trinajstić information content (AvgIpc) is 3.08. The monoisotopic (exact) mass is 482 g/mol. The van der Waals surface area contributed by atoms with Crippen LogP contribution in [0.1, 0.15) is 46.4 Å². The largest absolute Gasteiger partial charge is 0.497 e. The number of carboxylic acids is 2. The molecule has 1 saturated heterocycles. The number of aliphatic carboxylic acids is 1. The predicted octanol–water partition coefficient (Wildman–Crippen LogP) is 4.66. The van der Waals surface area contributed by atoms with Crippen LogP contribution in [0.4, 0.5) is 24.5 Å². The number of hydrogen-bond acceptors (Lipinski definition) is 5. The number of anilines is 2. The van der Waals surface area contributed by atoms with E-state index in [0.717, 1.165) is 25.9 Å². The van der Waals surface area contributed by atoms with E-state index in [0.29, 0.717) is 22.7 Å². The van der Waals surface area contributed by atoms with Gasteiger partial charge in [0, 0.05) is 24.3 Å². The Morgan fingerprint density at radius 3 is 1.97 bits per heavy atom. The molecular formula is C23H25F3N2O6. The minimum Gasteiger partial charge on any atom is -0.497 e. The molecule has 8 nitrogen and oxygen atoms in total. The van der Waals surface area contributed by atoms with Crippen molar-refractivity contribution >= 4 is 29.2 Å². The van der Waals surface area contributed by atoms with E-state index in [9.17, 15) is 27.9 Å². The highest BCUT2D eigenvalue weighted by Gasteiger charge is 2.38. The number of halogens is 3. The van der Waals surface area contributed by atoms with E-state index >= 15 is 0 Å². The van der Waals surface area contributed by atoms with E-state index in [2.05, 4.69) is 10.2 Å². The Morgan fingerprint density at radius 1 is 0.941 bits per heavy atom. The van der Waals surface area contributed by atoms with Gasteiger partial charge in [-0.15, -0.1) is 0 Å². The number of carboxylic acid groups (broad SMARTS) is 2. The number of ether oxygens (including phenoxy) is 1. The van der Waals surface area contributed by atoms with E-state index in [-0.39, 0.29) is 11.5 Å². The zero-order valence-corrected chi connectivity index (χ0v) is 18.4. The molecular weight excluding hydrogens is 457 g/mol. The summed E-state index contributed by atoms with van der Waals surface area (Å²) in [4.78, 5) is 35.2. The van der Waals surface area contributed by atoms with Crippen LogP contribution in [0, 0.1) is 0 Å². The number of nitrogens with zero attached hydrogens (tertiary/aromatic N) is 1. The fourth-order valence-electron chi connectivity index (χ4n) is 3.32. The number of aromatic carboxylic acids is 1. The van der Waals surface area contributed by atoms with Crippen molar-refractivity contribution in [1.82, 2.24) is 0 Å². The number of amides is 1. The number of benzene rings is 2. The smallest absolute Gasteiger partial charge is 0.490 e. The summed E-state index contributed by atoms with van der Waals surface area (Å²) < 4.78 is 36.8. The van der Waals surface area contributed by atoms with Crippen molar-refractivity contribution in [3.05, 3.63) is 53.6 Å². The van der Waals surface area contributed by atoms with E-state index in [4.69, 9.17) is 14.6 Å². The lowest BCUT2D eigenvalue weighted by molar-refractivity contribution is -0.192. The molecule has 0 unspecified atom stereocenters. The van der Waals surface area contributed by atoms with Crippen molar-refractivity contribution < 1.29 is 42.5 Å². The molecule has 0 spiro atoms. The molecule has 0 aromatic heterocycles. The zero-order chi connectivity index (χ0) is 25.3. The summed E-state index contributed by atoms with van der Waals surface area (Å²) in [5.74, 6) is -3.37. The van der Waals surface area contributed by atoms with E-state index in [1.807, 2.05) is 0 Å². The number of nitrogens with one attached hydrogen (secondary N) is 1. The quantitative estimate of drug-likeness (QED) is 0.568. The number of carbonyl (C=O) groups excluding carboxylic acids is 1. The minimum atomic E-state index is -5.08. The fourth-order valence-corrected chi connectivity index (χ4v) is 3.32. The van der Waals surface area contributed by atoms with Gasteiger partial charge in [-0.3, -0.25) is 4.79 Å². The van der Waals surface area contributed by atoms with Crippen LogP contribution in [-0.4, -0.2) is 54.4 Å². The van der Waals surface area contributed by atoms with E-state index in [1.54, 1.807) is 43.5 Å². The minimum absolute atomic E-state index is 0.212. The number of methoxy groups -OCH3 is 1. The highest BCUT2D eigenvalue weighted by Crippen LogP contribution is 2.27. The van der Waals surface area contributed by atoms with Gasteiger partial charge in [0.25, 0.3) is 5.91 Å². The molecule has 0 saturated carbocycles. The first kappa shape index (κ1) is 26.5. The molecule has 34 heavy (non-hydrogen) atoms. The van der Waals surface area contributed by atoms with Crippen molar-refractivity contribution in [2.45, 2.75) is 31.9 Å². The third-order valence-corrected chi connectivity index (χ3v) is 5.03. The lowest BCUT2D eigenvalue weighted by Gasteiger charge is -2.24. The van der Waals surface area contributed by atoms with E-state index < -0.39 is 18.1 Å². The van der Waals surface area contributed by atoms with Gasteiger partial charge in [-0.1, -0.05) is 12.8 Å². The highest BCUT2D eigenvalue weighted by atomic mass is 19.4. The Morgan fingerprint density at radius 2 is 1.50 bits per heavy atom. The van der Waals surface area contributed by atoms with Crippen molar-refractivity contribution in [2.24, 2.45) is 0 Å². The maximum absolute atomic E-state index is 12.4. The standard InChI is InChI=1S/C21H24N2O4.C2HF3O2/c1-27-17-9-6-15(7-10-17)20(24)22-16-8-11-19(18(14-16)21(25)26)23-12-4-2-3-5-13-23;3-2(4,5)1(6)7/h6-11,14H,2-5,12-13H2,1H3,(H,22,24)(H,25,26);(H,6,7). The fraction of sp³-hybridized carbons (Fsp3) is 0.348. The highest BCUT2D eigenvalue weighted by molar-refractivity contribution is 6.05. The van der Waals surface area contributed by atoms with Gasteiger partial charge in [-0.25, -0.2) is 9.59 Å². The Bertz CT molecular complexity index is 1000. The lowest BCUT2D eigenvalue weighted by atomic mass is 10.1. The van der Waals surface area contributed by atoms with Crippen LogP contribution < -0.4 is 15.0 Å². The first-order chi connectivity index (χ1) is 16.0. The van der Waals surface area contributed by atoms with Gasteiger partial charge in [-0.05, 0) is 55.3 Å². The molecule has 0 atom stereocenters. The molecule has 0 radical (unpaired) electrons. The maximum atomic E-state index is 12.4. The average molecular weight is 482 g/mol. The van der Waals surface area contributed by atoms with Gasteiger partial charge in [0.2, 0.25) is 0 Å². The van der Waals surface area contributed by atoms with Crippen LogP contribution in [-0.2, 0) is 4.79 Å².